The van der Waals surface area contributed by atoms with E-state index in [4.69, 9.17) is 0 Å². The van der Waals surface area contributed by atoms with Gasteiger partial charge in [-0.15, -0.1) is 0 Å². The zero-order valence-electron chi connectivity index (χ0n) is 19.1. The van der Waals surface area contributed by atoms with Crippen molar-refractivity contribution in [3.63, 3.8) is 0 Å². The van der Waals surface area contributed by atoms with Crippen molar-refractivity contribution in [3.8, 4) is 0 Å². The number of nitro benzene ring substituents is 1. The SMILES string of the molecule is CCc1ccc(CC)c(CNC(=O)CCCN(c2cc([N+](=O)[O-])ccc2C)S(C)(=O)=O)c1. The van der Waals surface area contributed by atoms with E-state index in [0.717, 1.165) is 29.0 Å². The molecule has 2 aromatic carbocycles. The molecule has 0 saturated carbocycles. The number of hydrogen-bond acceptors (Lipinski definition) is 5. The van der Waals surface area contributed by atoms with Crippen molar-refractivity contribution in [1.29, 1.82) is 0 Å². The Morgan fingerprint density at radius 3 is 2.41 bits per heavy atom. The minimum Gasteiger partial charge on any atom is -0.352 e. The van der Waals surface area contributed by atoms with Crippen molar-refractivity contribution in [2.24, 2.45) is 0 Å². The zero-order chi connectivity index (χ0) is 23.9. The highest BCUT2D eigenvalue weighted by Gasteiger charge is 2.22. The molecule has 1 N–H and O–H groups in total. The molecule has 0 bridgehead atoms. The van der Waals surface area contributed by atoms with Crippen LogP contribution in [-0.2, 0) is 34.2 Å². The van der Waals surface area contributed by atoms with Crippen LogP contribution in [-0.4, -0.2) is 32.0 Å². The third-order valence-electron chi connectivity index (χ3n) is 5.37. The fourth-order valence-corrected chi connectivity index (χ4v) is 4.53. The lowest BCUT2D eigenvalue weighted by molar-refractivity contribution is -0.384. The number of non-ortho nitro benzene ring substituents is 1. The number of nitrogens with one attached hydrogen (secondary N) is 1. The topological polar surface area (TPSA) is 110 Å². The molecule has 0 spiro atoms. The quantitative estimate of drug-likeness (QED) is 0.403. The summed E-state index contributed by atoms with van der Waals surface area (Å²) in [6, 6.07) is 10.4. The molecule has 2 aromatic rings. The van der Waals surface area contributed by atoms with Crippen molar-refractivity contribution < 1.29 is 18.1 Å². The molecule has 0 aromatic heterocycles. The highest BCUT2D eigenvalue weighted by molar-refractivity contribution is 7.92. The molecule has 0 aliphatic heterocycles. The van der Waals surface area contributed by atoms with E-state index in [2.05, 4.69) is 37.4 Å². The van der Waals surface area contributed by atoms with Gasteiger partial charge in [-0.25, -0.2) is 8.42 Å². The van der Waals surface area contributed by atoms with Crippen LogP contribution < -0.4 is 9.62 Å². The first-order chi connectivity index (χ1) is 15.1. The molecule has 0 fully saturated rings. The van der Waals surface area contributed by atoms with E-state index in [1.54, 1.807) is 6.92 Å². The van der Waals surface area contributed by atoms with E-state index < -0.39 is 14.9 Å². The van der Waals surface area contributed by atoms with Crippen molar-refractivity contribution in [2.45, 2.75) is 53.0 Å². The highest BCUT2D eigenvalue weighted by Crippen LogP contribution is 2.27. The first kappa shape index (κ1) is 25.3. The minimum atomic E-state index is -3.67. The monoisotopic (exact) mass is 461 g/mol. The zero-order valence-corrected chi connectivity index (χ0v) is 19.9. The van der Waals surface area contributed by atoms with Crippen molar-refractivity contribution >= 4 is 27.3 Å². The molecule has 0 unspecified atom stereocenters. The summed E-state index contributed by atoms with van der Waals surface area (Å²) in [6.45, 7) is 6.33. The first-order valence-electron chi connectivity index (χ1n) is 10.7. The van der Waals surface area contributed by atoms with Crippen LogP contribution in [0.3, 0.4) is 0 Å². The van der Waals surface area contributed by atoms with E-state index in [0.29, 0.717) is 12.1 Å². The van der Waals surface area contributed by atoms with Gasteiger partial charge in [0.1, 0.15) is 0 Å². The fourth-order valence-electron chi connectivity index (χ4n) is 3.52. The number of sulfonamides is 1. The molecule has 1 amide bonds. The van der Waals surface area contributed by atoms with Crippen molar-refractivity contribution in [3.05, 3.63) is 68.8 Å². The number of nitrogens with zero attached hydrogens (tertiary/aromatic N) is 2. The maximum absolute atomic E-state index is 12.4. The maximum atomic E-state index is 12.4. The molecule has 0 atom stereocenters. The van der Waals surface area contributed by atoms with Crippen LogP contribution >= 0.6 is 0 Å². The molecule has 8 nitrogen and oxygen atoms in total. The smallest absolute Gasteiger partial charge is 0.271 e. The number of nitro groups is 1. The number of benzene rings is 2. The Hall–Kier alpha value is -2.94. The van der Waals surface area contributed by atoms with Crippen molar-refractivity contribution in [2.75, 3.05) is 17.1 Å². The first-order valence-corrected chi connectivity index (χ1v) is 12.5. The predicted octanol–water partition coefficient (Wildman–Crippen LogP) is 3.89. The van der Waals surface area contributed by atoms with E-state index >= 15 is 0 Å². The second kappa shape index (κ2) is 11.1. The Morgan fingerprint density at radius 1 is 1.09 bits per heavy atom. The normalized spacial score (nSPS) is 11.2. The number of carbonyl (C=O) groups excluding carboxylic acids is 1. The van der Waals surface area contributed by atoms with Gasteiger partial charge >= 0.3 is 0 Å². The molecule has 32 heavy (non-hydrogen) atoms. The number of aryl methyl sites for hydroxylation is 3. The highest BCUT2D eigenvalue weighted by atomic mass is 32.2. The average molecular weight is 462 g/mol. The standard InChI is InChI=1S/C23H31N3O5S/c1-5-18-10-11-19(6-2)20(14-18)16-24-23(27)8-7-13-25(32(4,30)31)22-15-21(26(28)29)12-9-17(22)3/h9-12,14-15H,5-8,13,16H2,1-4H3,(H,24,27). The largest absolute Gasteiger partial charge is 0.352 e. The van der Waals surface area contributed by atoms with Gasteiger partial charge in [0.05, 0.1) is 16.9 Å². The average Bonchev–Trinajstić information content (AvgIpc) is 2.74. The molecule has 0 aliphatic carbocycles. The minimum absolute atomic E-state index is 0.0553. The van der Waals surface area contributed by atoms with Crippen LogP contribution in [0.5, 0.6) is 0 Å². The third kappa shape index (κ3) is 6.78. The molecule has 9 heteroatoms. The van der Waals surface area contributed by atoms with Gasteiger partial charge < -0.3 is 5.32 Å². The van der Waals surface area contributed by atoms with Crippen LogP contribution in [0.25, 0.3) is 0 Å². The lowest BCUT2D eigenvalue weighted by Crippen LogP contribution is -2.32. The summed E-state index contributed by atoms with van der Waals surface area (Å²) < 4.78 is 25.8. The number of carbonyl (C=O) groups is 1. The number of amides is 1. The van der Waals surface area contributed by atoms with Crippen LogP contribution in [0.4, 0.5) is 11.4 Å². The molecule has 174 valence electrons. The summed E-state index contributed by atoms with van der Waals surface area (Å²) in [5.74, 6) is -0.168. The Morgan fingerprint density at radius 2 is 1.81 bits per heavy atom. The molecule has 2 rings (SSSR count). The summed E-state index contributed by atoms with van der Waals surface area (Å²) in [4.78, 5) is 22.9. The van der Waals surface area contributed by atoms with Gasteiger partial charge in [0.25, 0.3) is 5.69 Å². The summed E-state index contributed by atoms with van der Waals surface area (Å²) in [6.07, 6.45) is 3.29. The maximum Gasteiger partial charge on any atom is 0.271 e. The van der Waals surface area contributed by atoms with Gasteiger partial charge in [-0.05, 0) is 48.4 Å². The van der Waals surface area contributed by atoms with Gasteiger partial charge in [0.15, 0.2) is 0 Å². The van der Waals surface area contributed by atoms with Crippen LogP contribution in [0.1, 0.15) is 48.9 Å². The van der Waals surface area contributed by atoms with Gasteiger partial charge in [0.2, 0.25) is 15.9 Å². The number of rotatable bonds is 11. The Bertz CT molecular complexity index is 1080. The second-order valence-electron chi connectivity index (χ2n) is 7.75. The lowest BCUT2D eigenvalue weighted by Gasteiger charge is -2.24. The molecular weight excluding hydrogens is 430 g/mol. The van der Waals surface area contributed by atoms with E-state index in [-0.39, 0.29) is 36.7 Å². The predicted molar refractivity (Wildman–Crippen MR) is 126 cm³/mol. The van der Waals surface area contributed by atoms with E-state index in [9.17, 15) is 23.3 Å². The molecular formula is C23H31N3O5S. The van der Waals surface area contributed by atoms with Crippen LogP contribution in [0.15, 0.2) is 36.4 Å². The Balaban J connectivity index is 2.03. The van der Waals surface area contributed by atoms with Crippen LogP contribution in [0, 0.1) is 17.0 Å². The lowest BCUT2D eigenvalue weighted by atomic mass is 10.0. The number of anilines is 1. The van der Waals surface area contributed by atoms with Gasteiger partial charge in [-0.3, -0.25) is 19.2 Å². The Kier molecular flexibility index (Phi) is 8.77. The molecule has 0 radical (unpaired) electrons. The summed E-state index contributed by atoms with van der Waals surface area (Å²) in [7, 11) is -3.67. The van der Waals surface area contributed by atoms with Crippen molar-refractivity contribution in [1.82, 2.24) is 5.32 Å². The molecule has 0 aliphatic rings. The Labute approximate surface area is 189 Å². The molecule has 0 saturated heterocycles. The van der Waals surface area contributed by atoms with Gasteiger partial charge in [-0.1, -0.05) is 38.1 Å². The summed E-state index contributed by atoms with van der Waals surface area (Å²) >= 11 is 0. The van der Waals surface area contributed by atoms with Gasteiger partial charge in [0, 0.05) is 31.6 Å². The summed E-state index contributed by atoms with van der Waals surface area (Å²) in [5.41, 5.74) is 4.16. The summed E-state index contributed by atoms with van der Waals surface area (Å²) in [5, 5.41) is 14.0. The third-order valence-corrected chi connectivity index (χ3v) is 6.55. The fraction of sp³-hybridized carbons (Fsp3) is 0.435. The molecule has 0 heterocycles. The number of hydrogen-bond donors (Lipinski definition) is 1. The van der Waals surface area contributed by atoms with Gasteiger partial charge in [-0.2, -0.15) is 0 Å². The second-order valence-corrected chi connectivity index (χ2v) is 9.66. The van der Waals surface area contributed by atoms with E-state index in [1.165, 1.54) is 29.3 Å². The van der Waals surface area contributed by atoms with Crippen LogP contribution in [0.2, 0.25) is 0 Å². The van der Waals surface area contributed by atoms with E-state index in [1.807, 2.05) is 0 Å².